The second kappa shape index (κ2) is 5.97. The molecule has 18 heavy (non-hydrogen) atoms. The van der Waals surface area contributed by atoms with Gasteiger partial charge in [0, 0.05) is 20.7 Å². The number of benzene rings is 1. The van der Waals surface area contributed by atoms with Crippen LogP contribution in [-0.4, -0.2) is 43.0 Å². The van der Waals surface area contributed by atoms with Gasteiger partial charge in [-0.05, 0) is 12.1 Å². The lowest BCUT2D eigenvalue weighted by Crippen LogP contribution is -2.30. The SMILES string of the molecule is COCCN(C)C(=O)c1cccc(N)c1[N+](=O)[O-]. The number of nitrogens with zero attached hydrogens (tertiary/aromatic N) is 2. The summed E-state index contributed by atoms with van der Waals surface area (Å²) in [5.41, 5.74) is 5.13. The molecule has 0 fully saturated rings. The molecule has 0 saturated heterocycles. The molecule has 0 aliphatic carbocycles. The number of nitrogen functional groups attached to an aromatic ring is 1. The normalized spacial score (nSPS) is 10.1. The van der Waals surface area contributed by atoms with Crippen LogP contribution < -0.4 is 5.73 Å². The summed E-state index contributed by atoms with van der Waals surface area (Å²) in [5, 5.41) is 10.9. The topological polar surface area (TPSA) is 98.7 Å². The Morgan fingerprint density at radius 1 is 1.56 bits per heavy atom. The van der Waals surface area contributed by atoms with E-state index in [-0.39, 0.29) is 16.9 Å². The maximum atomic E-state index is 12.0. The predicted octanol–water partition coefficient (Wildman–Crippen LogP) is 0.895. The van der Waals surface area contributed by atoms with Crippen molar-refractivity contribution in [3.63, 3.8) is 0 Å². The minimum absolute atomic E-state index is 0.0152. The van der Waals surface area contributed by atoms with Crippen LogP contribution in [0.15, 0.2) is 18.2 Å². The second-order valence-electron chi connectivity index (χ2n) is 3.72. The summed E-state index contributed by atoms with van der Waals surface area (Å²) in [6.07, 6.45) is 0. The third kappa shape index (κ3) is 2.95. The average Bonchev–Trinajstić information content (AvgIpc) is 2.34. The van der Waals surface area contributed by atoms with Gasteiger partial charge in [-0.25, -0.2) is 0 Å². The Morgan fingerprint density at radius 2 is 2.22 bits per heavy atom. The van der Waals surface area contributed by atoms with E-state index in [0.29, 0.717) is 13.2 Å². The maximum Gasteiger partial charge on any atom is 0.304 e. The summed E-state index contributed by atoms with van der Waals surface area (Å²) in [6.45, 7) is 0.708. The van der Waals surface area contributed by atoms with E-state index in [1.807, 2.05) is 0 Å². The fourth-order valence-corrected chi connectivity index (χ4v) is 1.47. The first-order valence-electron chi connectivity index (χ1n) is 5.26. The summed E-state index contributed by atoms with van der Waals surface area (Å²) >= 11 is 0. The number of carbonyl (C=O) groups is 1. The van der Waals surface area contributed by atoms with Gasteiger partial charge in [0.2, 0.25) is 0 Å². The maximum absolute atomic E-state index is 12.0. The third-order valence-electron chi connectivity index (χ3n) is 2.46. The molecule has 2 N–H and O–H groups in total. The number of carbonyl (C=O) groups excluding carboxylic acids is 1. The largest absolute Gasteiger partial charge is 0.393 e. The molecule has 7 heteroatoms. The zero-order valence-corrected chi connectivity index (χ0v) is 10.3. The molecule has 0 unspecified atom stereocenters. The molecular weight excluding hydrogens is 238 g/mol. The molecule has 1 amide bonds. The highest BCUT2D eigenvalue weighted by Crippen LogP contribution is 2.26. The van der Waals surface area contributed by atoms with Crippen LogP contribution in [0.25, 0.3) is 0 Å². The number of rotatable bonds is 5. The number of likely N-dealkylation sites (N-methyl/N-ethyl adjacent to an activating group) is 1. The Labute approximate surface area is 104 Å². The molecule has 0 heterocycles. The van der Waals surface area contributed by atoms with Crippen molar-refractivity contribution in [2.24, 2.45) is 0 Å². The minimum Gasteiger partial charge on any atom is -0.393 e. The Morgan fingerprint density at radius 3 is 2.78 bits per heavy atom. The molecule has 0 aliphatic heterocycles. The molecule has 0 bridgehead atoms. The van der Waals surface area contributed by atoms with Crippen LogP contribution in [0.5, 0.6) is 0 Å². The predicted molar refractivity (Wildman–Crippen MR) is 66.3 cm³/mol. The van der Waals surface area contributed by atoms with Crippen LogP contribution in [0, 0.1) is 10.1 Å². The van der Waals surface area contributed by atoms with Crippen molar-refractivity contribution in [3.05, 3.63) is 33.9 Å². The first-order chi connectivity index (χ1) is 8.49. The average molecular weight is 253 g/mol. The van der Waals surface area contributed by atoms with Crippen LogP contribution >= 0.6 is 0 Å². The monoisotopic (exact) mass is 253 g/mol. The Hall–Kier alpha value is -2.15. The van der Waals surface area contributed by atoms with Crippen molar-refractivity contribution in [3.8, 4) is 0 Å². The van der Waals surface area contributed by atoms with Gasteiger partial charge in [0.15, 0.2) is 0 Å². The highest BCUT2D eigenvalue weighted by molar-refractivity contribution is 6.00. The lowest BCUT2D eigenvalue weighted by atomic mass is 10.1. The Bertz CT molecular complexity index is 462. The lowest BCUT2D eigenvalue weighted by molar-refractivity contribution is -0.384. The number of para-hydroxylation sites is 1. The fourth-order valence-electron chi connectivity index (χ4n) is 1.47. The number of nitro groups is 1. The fraction of sp³-hybridized carbons (Fsp3) is 0.364. The van der Waals surface area contributed by atoms with Crippen molar-refractivity contribution in [2.45, 2.75) is 0 Å². The van der Waals surface area contributed by atoms with E-state index in [9.17, 15) is 14.9 Å². The molecule has 1 rings (SSSR count). The van der Waals surface area contributed by atoms with Crippen LogP contribution in [0.3, 0.4) is 0 Å². The van der Waals surface area contributed by atoms with Gasteiger partial charge in [-0.3, -0.25) is 14.9 Å². The van der Waals surface area contributed by atoms with E-state index in [4.69, 9.17) is 10.5 Å². The molecule has 0 spiro atoms. The minimum atomic E-state index is -0.646. The molecule has 1 aromatic rings. The van der Waals surface area contributed by atoms with E-state index in [1.165, 1.54) is 30.2 Å². The first-order valence-corrected chi connectivity index (χ1v) is 5.26. The van der Waals surface area contributed by atoms with E-state index in [2.05, 4.69) is 0 Å². The molecule has 0 aromatic heterocycles. The number of hydrogen-bond acceptors (Lipinski definition) is 5. The van der Waals surface area contributed by atoms with Gasteiger partial charge >= 0.3 is 5.69 Å². The van der Waals surface area contributed by atoms with Gasteiger partial charge < -0.3 is 15.4 Å². The summed E-state index contributed by atoms with van der Waals surface area (Å²) in [6, 6.07) is 4.30. The van der Waals surface area contributed by atoms with Gasteiger partial charge in [-0.15, -0.1) is 0 Å². The van der Waals surface area contributed by atoms with Gasteiger partial charge in [-0.1, -0.05) is 6.07 Å². The smallest absolute Gasteiger partial charge is 0.304 e. The summed E-state index contributed by atoms with van der Waals surface area (Å²) in [4.78, 5) is 23.7. The van der Waals surface area contributed by atoms with Crippen molar-refractivity contribution >= 4 is 17.3 Å². The molecule has 0 radical (unpaired) electrons. The number of anilines is 1. The lowest BCUT2D eigenvalue weighted by Gasteiger charge is -2.16. The number of nitrogens with two attached hydrogens (primary N) is 1. The molecule has 0 aliphatic rings. The van der Waals surface area contributed by atoms with Crippen LogP contribution in [0.2, 0.25) is 0 Å². The molecule has 98 valence electrons. The van der Waals surface area contributed by atoms with E-state index >= 15 is 0 Å². The summed E-state index contributed by atoms with van der Waals surface area (Å²) < 4.78 is 4.85. The van der Waals surface area contributed by atoms with E-state index in [1.54, 1.807) is 7.05 Å². The second-order valence-corrected chi connectivity index (χ2v) is 3.72. The highest BCUT2D eigenvalue weighted by atomic mass is 16.6. The van der Waals surface area contributed by atoms with E-state index < -0.39 is 10.8 Å². The van der Waals surface area contributed by atoms with Crippen molar-refractivity contribution in [1.82, 2.24) is 4.90 Å². The molecule has 7 nitrogen and oxygen atoms in total. The highest BCUT2D eigenvalue weighted by Gasteiger charge is 2.25. The van der Waals surface area contributed by atoms with Crippen LogP contribution in [0.4, 0.5) is 11.4 Å². The summed E-state index contributed by atoms with van der Waals surface area (Å²) in [7, 11) is 3.07. The summed E-state index contributed by atoms with van der Waals surface area (Å²) in [5.74, 6) is -0.453. The Kier molecular flexibility index (Phi) is 4.61. The number of ether oxygens (including phenoxy) is 1. The number of nitro benzene ring substituents is 1. The first kappa shape index (κ1) is 13.9. The molecular formula is C11H15N3O4. The molecule has 0 saturated carbocycles. The van der Waals surface area contributed by atoms with E-state index in [0.717, 1.165) is 0 Å². The number of hydrogen-bond donors (Lipinski definition) is 1. The zero-order chi connectivity index (χ0) is 13.7. The van der Waals surface area contributed by atoms with Crippen molar-refractivity contribution in [1.29, 1.82) is 0 Å². The van der Waals surface area contributed by atoms with Crippen molar-refractivity contribution in [2.75, 3.05) is 33.0 Å². The van der Waals surface area contributed by atoms with Crippen LogP contribution in [0.1, 0.15) is 10.4 Å². The standard InChI is InChI=1S/C11H15N3O4/c1-13(6-7-18-2)11(15)8-4-3-5-9(12)10(8)14(16)17/h3-5H,6-7,12H2,1-2H3. The van der Waals surface area contributed by atoms with Gasteiger partial charge in [0.25, 0.3) is 5.91 Å². The Balaban J connectivity index is 3.05. The van der Waals surface area contributed by atoms with Gasteiger partial charge in [0.05, 0.1) is 11.5 Å². The third-order valence-corrected chi connectivity index (χ3v) is 2.46. The number of methoxy groups -OCH3 is 1. The number of amides is 1. The molecule has 1 aromatic carbocycles. The van der Waals surface area contributed by atoms with Crippen LogP contribution in [-0.2, 0) is 4.74 Å². The molecule has 0 atom stereocenters. The van der Waals surface area contributed by atoms with Gasteiger partial charge in [-0.2, -0.15) is 0 Å². The zero-order valence-electron chi connectivity index (χ0n) is 10.3. The quantitative estimate of drug-likeness (QED) is 0.477. The van der Waals surface area contributed by atoms with Crippen molar-refractivity contribution < 1.29 is 14.5 Å². The van der Waals surface area contributed by atoms with Gasteiger partial charge in [0.1, 0.15) is 11.3 Å².